The van der Waals surface area contributed by atoms with Crippen LogP contribution in [-0.4, -0.2) is 21.2 Å². The molecule has 1 aromatic heterocycles. The zero-order valence-corrected chi connectivity index (χ0v) is 13.0. The summed E-state index contributed by atoms with van der Waals surface area (Å²) in [5.74, 6) is 0. The summed E-state index contributed by atoms with van der Waals surface area (Å²) in [4.78, 5) is 22.8. The van der Waals surface area contributed by atoms with Gasteiger partial charge in [0, 0.05) is 23.9 Å². The Morgan fingerprint density at radius 2 is 1.95 bits per heavy atom. The Labute approximate surface area is 128 Å². The fourth-order valence-corrected chi connectivity index (χ4v) is 2.10. The number of nitrogens with zero attached hydrogens (tertiary/aromatic N) is 2. The third kappa shape index (κ3) is 3.52. The second-order valence-electron chi connectivity index (χ2n) is 6.06. The first-order chi connectivity index (χ1) is 10.2. The number of hydrogen-bond acceptors (Lipinski definition) is 4. The van der Waals surface area contributed by atoms with Crippen molar-refractivity contribution < 1.29 is 14.5 Å². The monoisotopic (exact) mass is 302 g/mol. The number of carbonyl (C=O) groups excluding carboxylic acids is 1. The smallest absolute Gasteiger partial charge is 0.418 e. The van der Waals surface area contributed by atoms with Gasteiger partial charge in [-0.15, -0.1) is 0 Å². The van der Waals surface area contributed by atoms with Gasteiger partial charge >= 0.3 is 6.09 Å². The van der Waals surface area contributed by atoms with Crippen molar-refractivity contribution in [2.75, 3.05) is 0 Å². The minimum absolute atomic E-state index is 0.00746. The maximum atomic E-state index is 12.2. The lowest BCUT2D eigenvalue weighted by Gasteiger charge is -2.20. The molecular formula is C16H18N2O4. The highest BCUT2D eigenvalue weighted by Crippen LogP contribution is 2.27. The quantitative estimate of drug-likeness (QED) is 0.616. The van der Waals surface area contributed by atoms with Crippen LogP contribution in [0.4, 0.5) is 10.5 Å². The normalized spacial score (nSPS) is 11.3. The second kappa shape index (κ2) is 5.63. The molecule has 0 spiro atoms. The number of nitro groups is 1. The standard InChI is InChI=1S/C16H18N2O4/c1-11-8-12(10-13(9-11)18(20)21)14-6-5-7-17(14)15(19)22-16(2,3)4/h5-10H,1-4H3. The summed E-state index contributed by atoms with van der Waals surface area (Å²) in [7, 11) is 0. The predicted molar refractivity (Wildman–Crippen MR) is 82.9 cm³/mol. The van der Waals surface area contributed by atoms with Gasteiger partial charge in [0.1, 0.15) is 5.60 Å². The Balaban J connectivity index is 2.45. The van der Waals surface area contributed by atoms with Gasteiger partial charge < -0.3 is 4.74 Å². The van der Waals surface area contributed by atoms with Crippen molar-refractivity contribution >= 4 is 11.8 Å². The zero-order chi connectivity index (χ0) is 16.5. The van der Waals surface area contributed by atoms with Crippen LogP contribution in [0.1, 0.15) is 26.3 Å². The molecule has 0 fully saturated rings. The molecule has 0 aliphatic heterocycles. The van der Waals surface area contributed by atoms with E-state index in [0.29, 0.717) is 11.3 Å². The summed E-state index contributed by atoms with van der Waals surface area (Å²) in [5.41, 5.74) is 1.29. The molecule has 0 aliphatic carbocycles. The highest BCUT2D eigenvalue weighted by molar-refractivity contribution is 5.79. The van der Waals surface area contributed by atoms with E-state index in [9.17, 15) is 14.9 Å². The minimum Gasteiger partial charge on any atom is -0.443 e. The number of aromatic nitrogens is 1. The van der Waals surface area contributed by atoms with Gasteiger partial charge in [0.25, 0.3) is 5.69 Å². The first-order valence-electron chi connectivity index (χ1n) is 6.84. The number of carbonyl (C=O) groups is 1. The van der Waals surface area contributed by atoms with Crippen LogP contribution in [0, 0.1) is 17.0 Å². The summed E-state index contributed by atoms with van der Waals surface area (Å²) in [5, 5.41) is 11.0. The number of aryl methyl sites for hydroxylation is 1. The Morgan fingerprint density at radius 1 is 1.27 bits per heavy atom. The van der Waals surface area contributed by atoms with Gasteiger partial charge in [0.15, 0.2) is 0 Å². The molecule has 6 heteroatoms. The van der Waals surface area contributed by atoms with Crippen LogP contribution in [0.25, 0.3) is 11.3 Å². The third-order valence-corrected chi connectivity index (χ3v) is 2.91. The molecule has 0 radical (unpaired) electrons. The van der Waals surface area contributed by atoms with Crippen molar-refractivity contribution in [3.8, 4) is 11.3 Å². The minimum atomic E-state index is -0.614. The van der Waals surface area contributed by atoms with E-state index in [2.05, 4.69) is 0 Å². The van der Waals surface area contributed by atoms with Crippen LogP contribution in [0.15, 0.2) is 36.5 Å². The van der Waals surface area contributed by atoms with E-state index in [1.54, 1.807) is 52.1 Å². The molecule has 0 unspecified atom stereocenters. The average Bonchev–Trinajstić information content (AvgIpc) is 2.85. The highest BCUT2D eigenvalue weighted by atomic mass is 16.6. The van der Waals surface area contributed by atoms with Crippen LogP contribution < -0.4 is 0 Å². The number of ether oxygens (including phenoxy) is 1. The molecule has 0 N–H and O–H groups in total. The molecule has 0 saturated carbocycles. The number of nitro benzene ring substituents is 1. The fourth-order valence-electron chi connectivity index (χ4n) is 2.10. The SMILES string of the molecule is Cc1cc(-c2cccn2C(=O)OC(C)(C)C)cc([N+](=O)[O-])c1. The largest absolute Gasteiger partial charge is 0.443 e. The van der Waals surface area contributed by atoms with Crippen LogP contribution in [-0.2, 0) is 4.74 Å². The molecule has 6 nitrogen and oxygen atoms in total. The maximum Gasteiger partial charge on any atom is 0.418 e. The van der Waals surface area contributed by atoms with Crippen LogP contribution in [0.2, 0.25) is 0 Å². The number of benzene rings is 1. The van der Waals surface area contributed by atoms with Gasteiger partial charge in [-0.1, -0.05) is 0 Å². The van der Waals surface area contributed by atoms with E-state index < -0.39 is 16.6 Å². The van der Waals surface area contributed by atoms with E-state index in [1.807, 2.05) is 0 Å². The molecule has 116 valence electrons. The summed E-state index contributed by atoms with van der Waals surface area (Å²) in [6.45, 7) is 7.12. The topological polar surface area (TPSA) is 74.4 Å². The van der Waals surface area contributed by atoms with Crippen LogP contribution in [0.3, 0.4) is 0 Å². The van der Waals surface area contributed by atoms with Crippen molar-refractivity contribution in [3.05, 3.63) is 52.2 Å². The summed E-state index contributed by atoms with van der Waals surface area (Å²) >= 11 is 0. The lowest BCUT2D eigenvalue weighted by atomic mass is 10.1. The Hall–Kier alpha value is -2.63. The van der Waals surface area contributed by atoms with Crippen LogP contribution in [0.5, 0.6) is 0 Å². The summed E-state index contributed by atoms with van der Waals surface area (Å²) in [6.07, 6.45) is 1.06. The van der Waals surface area contributed by atoms with Crippen molar-refractivity contribution in [1.29, 1.82) is 0 Å². The summed E-state index contributed by atoms with van der Waals surface area (Å²) in [6, 6.07) is 8.16. The number of hydrogen-bond donors (Lipinski definition) is 0. The van der Waals surface area contributed by atoms with Gasteiger partial charge in [0.2, 0.25) is 0 Å². The van der Waals surface area contributed by atoms with Crippen molar-refractivity contribution in [2.24, 2.45) is 0 Å². The zero-order valence-electron chi connectivity index (χ0n) is 13.0. The molecule has 0 aliphatic rings. The molecule has 0 amide bonds. The molecule has 2 rings (SSSR count). The lowest BCUT2D eigenvalue weighted by molar-refractivity contribution is -0.384. The number of rotatable bonds is 2. The maximum absolute atomic E-state index is 12.2. The Bertz CT molecular complexity index is 726. The van der Waals surface area contributed by atoms with Gasteiger partial charge in [0.05, 0.1) is 10.6 Å². The number of non-ortho nitro benzene ring substituents is 1. The Morgan fingerprint density at radius 3 is 2.55 bits per heavy atom. The molecule has 22 heavy (non-hydrogen) atoms. The van der Waals surface area contributed by atoms with E-state index in [-0.39, 0.29) is 5.69 Å². The first kappa shape index (κ1) is 15.8. The van der Waals surface area contributed by atoms with E-state index in [0.717, 1.165) is 5.56 Å². The van der Waals surface area contributed by atoms with Gasteiger partial charge in [-0.2, -0.15) is 0 Å². The molecule has 0 atom stereocenters. The molecule has 1 heterocycles. The van der Waals surface area contributed by atoms with E-state index in [1.165, 1.54) is 16.7 Å². The van der Waals surface area contributed by atoms with Gasteiger partial charge in [-0.05, 0) is 51.5 Å². The average molecular weight is 302 g/mol. The molecule has 1 aromatic carbocycles. The molecule has 2 aromatic rings. The van der Waals surface area contributed by atoms with Gasteiger partial charge in [-0.3, -0.25) is 14.7 Å². The predicted octanol–water partition coefficient (Wildman–Crippen LogP) is 4.15. The van der Waals surface area contributed by atoms with Crippen molar-refractivity contribution in [3.63, 3.8) is 0 Å². The molecule has 0 bridgehead atoms. The van der Waals surface area contributed by atoms with Crippen LogP contribution >= 0.6 is 0 Å². The second-order valence-corrected chi connectivity index (χ2v) is 6.06. The third-order valence-electron chi connectivity index (χ3n) is 2.91. The van der Waals surface area contributed by atoms with Crippen molar-refractivity contribution in [2.45, 2.75) is 33.3 Å². The van der Waals surface area contributed by atoms with Crippen molar-refractivity contribution in [1.82, 2.24) is 4.57 Å². The van der Waals surface area contributed by atoms with E-state index >= 15 is 0 Å². The Kier molecular flexibility index (Phi) is 4.03. The first-order valence-corrected chi connectivity index (χ1v) is 6.84. The lowest BCUT2D eigenvalue weighted by Crippen LogP contribution is -2.27. The van der Waals surface area contributed by atoms with E-state index in [4.69, 9.17) is 4.74 Å². The van der Waals surface area contributed by atoms with Gasteiger partial charge in [-0.25, -0.2) is 4.79 Å². The fraction of sp³-hybridized carbons (Fsp3) is 0.312. The highest BCUT2D eigenvalue weighted by Gasteiger charge is 2.20. The molecule has 0 saturated heterocycles. The summed E-state index contributed by atoms with van der Waals surface area (Å²) < 4.78 is 6.69. The molecular weight excluding hydrogens is 284 g/mol.